The third-order valence-electron chi connectivity index (χ3n) is 1.22. The predicted molar refractivity (Wildman–Crippen MR) is 49.8 cm³/mol. The second-order valence-corrected chi connectivity index (χ2v) is 4.80. The summed E-state index contributed by atoms with van der Waals surface area (Å²) in [6.45, 7) is 3.55. The van der Waals surface area contributed by atoms with Gasteiger partial charge in [0, 0.05) is 11.1 Å². The van der Waals surface area contributed by atoms with Crippen LogP contribution in [-0.4, -0.2) is 21.3 Å². The van der Waals surface area contributed by atoms with Crippen LogP contribution < -0.4 is 0 Å². The Morgan fingerprint density at radius 3 is 2.92 bits per heavy atom. The molecule has 1 aromatic heterocycles. The molecule has 1 atom stereocenters. The quantitative estimate of drug-likeness (QED) is 0.763. The summed E-state index contributed by atoms with van der Waals surface area (Å²) in [7, 11) is 0. The lowest BCUT2D eigenvalue weighted by atomic mass is 10.5. The molecule has 0 amide bonds. The first kappa shape index (κ1) is 9.54. The molecule has 1 aromatic rings. The SMILES string of the molecule is Cc1csc(SC(C)C(=O)O)n1. The summed E-state index contributed by atoms with van der Waals surface area (Å²) in [4.78, 5) is 14.6. The van der Waals surface area contributed by atoms with Crippen molar-refractivity contribution in [2.75, 3.05) is 0 Å². The lowest BCUT2D eigenvalue weighted by Crippen LogP contribution is -2.10. The van der Waals surface area contributed by atoms with Crippen LogP contribution in [0.15, 0.2) is 9.72 Å². The molecule has 66 valence electrons. The molecule has 0 saturated heterocycles. The number of carboxylic acids is 1. The topological polar surface area (TPSA) is 50.2 Å². The van der Waals surface area contributed by atoms with E-state index in [4.69, 9.17) is 5.11 Å². The van der Waals surface area contributed by atoms with Crippen molar-refractivity contribution in [1.82, 2.24) is 4.98 Å². The summed E-state index contributed by atoms with van der Waals surface area (Å²) in [6.07, 6.45) is 0. The van der Waals surface area contributed by atoms with Crippen LogP contribution in [0.25, 0.3) is 0 Å². The zero-order valence-electron chi connectivity index (χ0n) is 6.77. The molecule has 0 aliphatic rings. The summed E-state index contributed by atoms with van der Waals surface area (Å²) in [5, 5.41) is 10.1. The van der Waals surface area contributed by atoms with Crippen molar-refractivity contribution in [3.8, 4) is 0 Å². The normalized spacial score (nSPS) is 12.8. The monoisotopic (exact) mass is 203 g/mol. The molecule has 0 saturated carbocycles. The van der Waals surface area contributed by atoms with Gasteiger partial charge in [0.1, 0.15) is 5.25 Å². The van der Waals surface area contributed by atoms with Crippen molar-refractivity contribution in [1.29, 1.82) is 0 Å². The van der Waals surface area contributed by atoms with E-state index in [2.05, 4.69) is 4.98 Å². The molecule has 3 nitrogen and oxygen atoms in total. The zero-order chi connectivity index (χ0) is 9.14. The molecular formula is C7H9NO2S2. The minimum Gasteiger partial charge on any atom is -0.480 e. The molecule has 0 bridgehead atoms. The zero-order valence-corrected chi connectivity index (χ0v) is 8.41. The van der Waals surface area contributed by atoms with E-state index in [-0.39, 0.29) is 0 Å². The van der Waals surface area contributed by atoms with Crippen molar-refractivity contribution in [3.05, 3.63) is 11.1 Å². The van der Waals surface area contributed by atoms with E-state index in [1.54, 1.807) is 6.92 Å². The minimum absolute atomic E-state index is 0.421. The van der Waals surface area contributed by atoms with Crippen LogP contribution >= 0.6 is 23.1 Å². The number of thioether (sulfide) groups is 1. The highest BCUT2D eigenvalue weighted by atomic mass is 32.2. The molecule has 0 aliphatic carbocycles. The minimum atomic E-state index is -0.798. The number of thiazole rings is 1. The van der Waals surface area contributed by atoms with Gasteiger partial charge in [0.2, 0.25) is 0 Å². The second kappa shape index (κ2) is 3.91. The predicted octanol–water partition coefficient (Wildman–Crippen LogP) is 2.02. The molecule has 0 aromatic carbocycles. The highest BCUT2D eigenvalue weighted by molar-refractivity contribution is 8.02. The smallest absolute Gasteiger partial charge is 0.316 e. The summed E-state index contributed by atoms with van der Waals surface area (Å²) in [5.74, 6) is -0.798. The Bertz CT molecular complexity index is 285. The van der Waals surface area contributed by atoms with E-state index < -0.39 is 11.2 Å². The van der Waals surface area contributed by atoms with E-state index >= 15 is 0 Å². The molecule has 12 heavy (non-hydrogen) atoms. The van der Waals surface area contributed by atoms with Crippen LogP contribution in [0.3, 0.4) is 0 Å². The van der Waals surface area contributed by atoms with E-state index in [0.717, 1.165) is 10.0 Å². The summed E-state index contributed by atoms with van der Waals surface area (Å²) >= 11 is 2.76. The van der Waals surface area contributed by atoms with Gasteiger partial charge >= 0.3 is 5.97 Å². The summed E-state index contributed by atoms with van der Waals surface area (Å²) in [5.41, 5.74) is 0.945. The van der Waals surface area contributed by atoms with Crippen molar-refractivity contribution in [3.63, 3.8) is 0 Å². The third kappa shape index (κ3) is 2.49. The van der Waals surface area contributed by atoms with Gasteiger partial charge in [-0.05, 0) is 13.8 Å². The molecule has 1 heterocycles. The Labute approximate surface area is 78.8 Å². The Morgan fingerprint density at radius 2 is 2.50 bits per heavy atom. The van der Waals surface area contributed by atoms with Gasteiger partial charge in [-0.2, -0.15) is 0 Å². The number of aromatic nitrogens is 1. The van der Waals surface area contributed by atoms with Crippen LogP contribution in [-0.2, 0) is 4.79 Å². The van der Waals surface area contributed by atoms with Gasteiger partial charge in [0.25, 0.3) is 0 Å². The van der Waals surface area contributed by atoms with E-state index in [0.29, 0.717) is 0 Å². The first-order valence-electron chi connectivity index (χ1n) is 3.41. The number of nitrogens with zero attached hydrogens (tertiary/aromatic N) is 1. The van der Waals surface area contributed by atoms with E-state index in [1.165, 1.54) is 23.1 Å². The van der Waals surface area contributed by atoms with Crippen LogP contribution in [0.1, 0.15) is 12.6 Å². The fourth-order valence-electron chi connectivity index (χ4n) is 0.588. The molecule has 1 unspecified atom stereocenters. The maximum atomic E-state index is 10.5. The fraction of sp³-hybridized carbons (Fsp3) is 0.429. The maximum Gasteiger partial charge on any atom is 0.316 e. The van der Waals surface area contributed by atoms with Crippen LogP contribution in [0, 0.1) is 6.92 Å². The Balaban J connectivity index is 2.58. The average Bonchev–Trinajstić information content (AvgIpc) is 2.35. The first-order chi connectivity index (χ1) is 5.59. The van der Waals surface area contributed by atoms with Gasteiger partial charge in [-0.1, -0.05) is 11.8 Å². The Hall–Kier alpha value is -0.550. The van der Waals surface area contributed by atoms with E-state index in [9.17, 15) is 4.79 Å². The highest BCUT2D eigenvalue weighted by Crippen LogP contribution is 2.26. The number of rotatable bonds is 3. The lowest BCUT2D eigenvalue weighted by Gasteiger charge is -2.00. The van der Waals surface area contributed by atoms with Gasteiger partial charge in [0.05, 0.1) is 0 Å². The van der Waals surface area contributed by atoms with Crippen LogP contribution in [0.5, 0.6) is 0 Å². The largest absolute Gasteiger partial charge is 0.480 e. The third-order valence-corrected chi connectivity index (χ3v) is 3.40. The average molecular weight is 203 g/mol. The number of carbonyl (C=O) groups is 1. The number of hydrogen-bond acceptors (Lipinski definition) is 4. The molecule has 0 aliphatic heterocycles. The van der Waals surface area contributed by atoms with Gasteiger partial charge in [-0.15, -0.1) is 11.3 Å². The van der Waals surface area contributed by atoms with Crippen LogP contribution in [0.2, 0.25) is 0 Å². The first-order valence-corrected chi connectivity index (χ1v) is 5.17. The van der Waals surface area contributed by atoms with Crippen molar-refractivity contribution in [2.24, 2.45) is 0 Å². The summed E-state index contributed by atoms with van der Waals surface area (Å²) in [6, 6.07) is 0. The van der Waals surface area contributed by atoms with E-state index in [1.807, 2.05) is 12.3 Å². The second-order valence-electron chi connectivity index (χ2n) is 2.35. The van der Waals surface area contributed by atoms with Crippen molar-refractivity contribution < 1.29 is 9.90 Å². The maximum absolute atomic E-state index is 10.5. The molecule has 0 radical (unpaired) electrons. The Kier molecular flexibility index (Phi) is 3.11. The number of carboxylic acid groups (broad SMARTS) is 1. The molecule has 5 heteroatoms. The molecular weight excluding hydrogens is 194 g/mol. The van der Waals surface area contributed by atoms with Gasteiger partial charge in [-0.25, -0.2) is 4.98 Å². The lowest BCUT2D eigenvalue weighted by molar-refractivity contribution is -0.136. The number of hydrogen-bond donors (Lipinski definition) is 1. The highest BCUT2D eigenvalue weighted by Gasteiger charge is 2.13. The molecule has 0 fully saturated rings. The van der Waals surface area contributed by atoms with Gasteiger partial charge < -0.3 is 5.11 Å². The summed E-state index contributed by atoms with van der Waals surface area (Å²) < 4.78 is 0.822. The van der Waals surface area contributed by atoms with Crippen LogP contribution in [0.4, 0.5) is 0 Å². The fourth-order valence-corrected chi connectivity index (χ4v) is 2.51. The van der Waals surface area contributed by atoms with Crippen molar-refractivity contribution in [2.45, 2.75) is 23.4 Å². The molecule has 0 spiro atoms. The Morgan fingerprint density at radius 1 is 1.83 bits per heavy atom. The molecule has 1 N–H and O–H groups in total. The van der Waals surface area contributed by atoms with Crippen molar-refractivity contribution >= 4 is 29.1 Å². The van der Waals surface area contributed by atoms with Gasteiger partial charge in [-0.3, -0.25) is 4.79 Å². The van der Waals surface area contributed by atoms with Gasteiger partial charge in [0.15, 0.2) is 4.34 Å². The number of aliphatic carboxylic acids is 1. The standard InChI is InChI=1S/C7H9NO2S2/c1-4-3-11-7(8-4)12-5(2)6(9)10/h3,5H,1-2H3,(H,9,10). The molecule has 1 rings (SSSR count). The number of aryl methyl sites for hydroxylation is 1.